The second-order valence-electron chi connectivity index (χ2n) is 6.64. The predicted molar refractivity (Wildman–Crippen MR) is 107 cm³/mol. The maximum atomic E-state index is 12.6. The van der Waals surface area contributed by atoms with E-state index >= 15 is 0 Å². The first kappa shape index (κ1) is 17.7. The quantitative estimate of drug-likeness (QED) is 0.713. The van der Waals surface area contributed by atoms with E-state index in [1.165, 1.54) is 0 Å². The molecule has 1 aliphatic rings. The molecular weight excluding hydrogens is 362 g/mol. The standard InChI is InChI=1S/C22H20ClNO3/c1-14(17-8-4-6-16-5-2-3-7-18(16)17)24-21(25)13-15-11-19(23)22-20(12-15)26-9-10-27-22/h2-8,11-12,14H,9-10,13H2,1H3,(H,24,25). The van der Waals surface area contributed by atoms with Gasteiger partial charge in [0.15, 0.2) is 11.5 Å². The fourth-order valence-electron chi connectivity index (χ4n) is 3.45. The Hall–Kier alpha value is -2.72. The third kappa shape index (κ3) is 3.71. The van der Waals surface area contributed by atoms with Gasteiger partial charge in [-0.05, 0) is 41.0 Å². The molecule has 1 aliphatic heterocycles. The number of hydrogen-bond donors (Lipinski definition) is 1. The molecule has 1 amide bonds. The summed E-state index contributed by atoms with van der Waals surface area (Å²) in [7, 11) is 0. The van der Waals surface area contributed by atoms with Crippen molar-refractivity contribution in [3.63, 3.8) is 0 Å². The minimum atomic E-state index is -0.101. The molecule has 0 spiro atoms. The molecule has 1 heterocycles. The summed E-state index contributed by atoms with van der Waals surface area (Å²) in [6.45, 7) is 2.96. The van der Waals surface area contributed by atoms with Crippen LogP contribution in [-0.4, -0.2) is 19.1 Å². The van der Waals surface area contributed by atoms with Gasteiger partial charge < -0.3 is 14.8 Å². The van der Waals surface area contributed by atoms with Gasteiger partial charge in [0.1, 0.15) is 13.2 Å². The fourth-order valence-corrected chi connectivity index (χ4v) is 3.74. The van der Waals surface area contributed by atoms with Gasteiger partial charge in [0.25, 0.3) is 0 Å². The number of benzene rings is 3. The van der Waals surface area contributed by atoms with Crippen LogP contribution in [0, 0.1) is 0 Å². The molecular formula is C22H20ClNO3. The Morgan fingerprint density at radius 1 is 1.11 bits per heavy atom. The third-order valence-corrected chi connectivity index (χ3v) is 4.97. The molecule has 0 radical (unpaired) electrons. The average Bonchev–Trinajstić information content (AvgIpc) is 2.67. The molecule has 138 valence electrons. The fraction of sp³-hybridized carbons (Fsp3) is 0.227. The number of hydrogen-bond acceptors (Lipinski definition) is 3. The van der Waals surface area contributed by atoms with Crippen LogP contribution in [0.5, 0.6) is 11.5 Å². The van der Waals surface area contributed by atoms with E-state index in [2.05, 4.69) is 23.5 Å². The Bertz CT molecular complexity index is 997. The van der Waals surface area contributed by atoms with Crippen LogP contribution in [-0.2, 0) is 11.2 Å². The highest BCUT2D eigenvalue weighted by molar-refractivity contribution is 6.32. The van der Waals surface area contributed by atoms with E-state index in [1.54, 1.807) is 6.07 Å². The van der Waals surface area contributed by atoms with Gasteiger partial charge in [-0.3, -0.25) is 4.79 Å². The SMILES string of the molecule is CC(NC(=O)Cc1cc(Cl)c2c(c1)OCCO2)c1cccc2ccccc12. The minimum Gasteiger partial charge on any atom is -0.486 e. The molecule has 4 rings (SSSR count). The molecule has 0 bridgehead atoms. The lowest BCUT2D eigenvalue weighted by Gasteiger charge is -2.20. The molecule has 1 unspecified atom stereocenters. The van der Waals surface area contributed by atoms with Gasteiger partial charge in [0, 0.05) is 0 Å². The van der Waals surface area contributed by atoms with Crippen molar-refractivity contribution in [2.24, 2.45) is 0 Å². The lowest BCUT2D eigenvalue weighted by atomic mass is 9.99. The number of halogens is 1. The van der Waals surface area contributed by atoms with Crippen molar-refractivity contribution in [1.82, 2.24) is 5.32 Å². The summed E-state index contributed by atoms with van der Waals surface area (Å²) >= 11 is 6.26. The number of carbonyl (C=O) groups excluding carboxylic acids is 1. The number of fused-ring (bicyclic) bond motifs is 2. The van der Waals surface area contributed by atoms with Gasteiger partial charge in [0.05, 0.1) is 17.5 Å². The molecule has 4 nitrogen and oxygen atoms in total. The van der Waals surface area contributed by atoms with E-state index in [9.17, 15) is 4.79 Å². The second-order valence-corrected chi connectivity index (χ2v) is 7.04. The van der Waals surface area contributed by atoms with Crippen LogP contribution in [0.1, 0.15) is 24.1 Å². The van der Waals surface area contributed by atoms with Crippen molar-refractivity contribution in [2.45, 2.75) is 19.4 Å². The molecule has 3 aromatic rings. The number of amides is 1. The highest BCUT2D eigenvalue weighted by atomic mass is 35.5. The Labute approximate surface area is 163 Å². The summed E-state index contributed by atoms with van der Waals surface area (Å²) < 4.78 is 11.1. The van der Waals surface area contributed by atoms with Crippen molar-refractivity contribution in [2.75, 3.05) is 13.2 Å². The maximum Gasteiger partial charge on any atom is 0.224 e. The summed E-state index contributed by atoms with van der Waals surface area (Å²) in [5.41, 5.74) is 1.90. The number of nitrogens with one attached hydrogen (secondary N) is 1. The van der Waals surface area contributed by atoms with E-state index in [1.807, 2.05) is 37.3 Å². The predicted octanol–water partition coefficient (Wildman–Crippen LogP) is 4.68. The van der Waals surface area contributed by atoms with Crippen LogP contribution in [0.4, 0.5) is 0 Å². The maximum absolute atomic E-state index is 12.6. The Morgan fingerprint density at radius 3 is 2.78 bits per heavy atom. The van der Waals surface area contributed by atoms with E-state index in [0.717, 1.165) is 21.9 Å². The summed E-state index contributed by atoms with van der Waals surface area (Å²) in [6.07, 6.45) is 0.228. The van der Waals surface area contributed by atoms with E-state index in [4.69, 9.17) is 21.1 Å². The molecule has 0 fully saturated rings. The first-order chi connectivity index (χ1) is 13.1. The van der Waals surface area contributed by atoms with Gasteiger partial charge >= 0.3 is 0 Å². The molecule has 1 atom stereocenters. The van der Waals surface area contributed by atoms with Crippen LogP contribution < -0.4 is 14.8 Å². The first-order valence-electron chi connectivity index (χ1n) is 8.97. The number of carbonyl (C=O) groups is 1. The van der Waals surface area contributed by atoms with Crippen LogP contribution >= 0.6 is 11.6 Å². The molecule has 0 saturated carbocycles. The number of rotatable bonds is 4. The van der Waals surface area contributed by atoms with Crippen LogP contribution in [0.25, 0.3) is 10.8 Å². The van der Waals surface area contributed by atoms with E-state index in [0.29, 0.717) is 29.7 Å². The molecule has 0 aromatic heterocycles. The molecule has 1 N–H and O–H groups in total. The van der Waals surface area contributed by atoms with Crippen molar-refractivity contribution < 1.29 is 14.3 Å². The molecule has 0 aliphatic carbocycles. The first-order valence-corrected chi connectivity index (χ1v) is 9.34. The largest absolute Gasteiger partial charge is 0.486 e. The van der Waals surface area contributed by atoms with E-state index in [-0.39, 0.29) is 18.4 Å². The summed E-state index contributed by atoms with van der Waals surface area (Å²) in [5, 5.41) is 5.86. The minimum absolute atomic E-state index is 0.0665. The Balaban J connectivity index is 1.50. The van der Waals surface area contributed by atoms with Gasteiger partial charge in [-0.2, -0.15) is 0 Å². The third-order valence-electron chi connectivity index (χ3n) is 4.69. The van der Waals surface area contributed by atoms with Gasteiger partial charge in [-0.1, -0.05) is 54.1 Å². The smallest absolute Gasteiger partial charge is 0.224 e. The van der Waals surface area contributed by atoms with Gasteiger partial charge in [-0.15, -0.1) is 0 Å². The zero-order valence-corrected chi connectivity index (χ0v) is 15.8. The topological polar surface area (TPSA) is 47.6 Å². The zero-order valence-electron chi connectivity index (χ0n) is 15.0. The molecule has 27 heavy (non-hydrogen) atoms. The highest BCUT2D eigenvalue weighted by Gasteiger charge is 2.18. The lowest BCUT2D eigenvalue weighted by Crippen LogP contribution is -2.28. The van der Waals surface area contributed by atoms with Crippen molar-refractivity contribution in [3.05, 3.63) is 70.7 Å². The molecule has 0 saturated heterocycles. The van der Waals surface area contributed by atoms with Crippen molar-refractivity contribution in [1.29, 1.82) is 0 Å². The lowest BCUT2D eigenvalue weighted by molar-refractivity contribution is -0.121. The van der Waals surface area contributed by atoms with Crippen molar-refractivity contribution >= 4 is 28.3 Å². The summed E-state index contributed by atoms with van der Waals surface area (Å²) in [4.78, 5) is 12.6. The van der Waals surface area contributed by atoms with Gasteiger partial charge in [0.2, 0.25) is 5.91 Å². The molecule has 3 aromatic carbocycles. The Morgan fingerprint density at radius 2 is 1.89 bits per heavy atom. The summed E-state index contributed by atoms with van der Waals surface area (Å²) in [6, 6.07) is 17.8. The van der Waals surface area contributed by atoms with Crippen LogP contribution in [0.15, 0.2) is 54.6 Å². The monoisotopic (exact) mass is 381 g/mol. The second kappa shape index (κ2) is 7.49. The summed E-state index contributed by atoms with van der Waals surface area (Å²) in [5.74, 6) is 1.08. The highest BCUT2D eigenvalue weighted by Crippen LogP contribution is 2.38. The van der Waals surface area contributed by atoms with Crippen LogP contribution in [0.2, 0.25) is 5.02 Å². The number of ether oxygens (including phenoxy) is 2. The molecule has 5 heteroatoms. The Kier molecular flexibility index (Phi) is 4.90. The van der Waals surface area contributed by atoms with Gasteiger partial charge in [-0.25, -0.2) is 0 Å². The normalized spacial score (nSPS) is 14.0. The van der Waals surface area contributed by atoms with Crippen LogP contribution in [0.3, 0.4) is 0 Å². The van der Waals surface area contributed by atoms with Crippen molar-refractivity contribution in [3.8, 4) is 11.5 Å². The van der Waals surface area contributed by atoms with E-state index < -0.39 is 0 Å². The average molecular weight is 382 g/mol. The zero-order chi connectivity index (χ0) is 18.8.